The summed E-state index contributed by atoms with van der Waals surface area (Å²) < 4.78 is 58.5. The maximum Gasteiger partial charge on any atom is 0.421 e. The molecule has 0 bridgehead atoms. The number of carbonyl (C=O) groups excluding carboxylic acids is 1. The van der Waals surface area contributed by atoms with Crippen molar-refractivity contribution < 1.29 is 32.2 Å². The van der Waals surface area contributed by atoms with Gasteiger partial charge in [-0.1, -0.05) is 0 Å². The molecule has 4 N–H and O–H groups in total. The Morgan fingerprint density at radius 3 is 2.47 bits per heavy atom. The van der Waals surface area contributed by atoms with Gasteiger partial charge >= 0.3 is 6.18 Å². The Morgan fingerprint density at radius 1 is 1.27 bits per heavy atom. The molecule has 2 rings (SSSR count). The van der Waals surface area contributed by atoms with E-state index in [1.807, 2.05) is 0 Å². The molecule has 0 aliphatic heterocycles. The number of halogens is 4. The largest absolute Gasteiger partial charge is 0.496 e. The van der Waals surface area contributed by atoms with Gasteiger partial charge in [-0.2, -0.15) is 18.2 Å². The zero-order chi connectivity index (χ0) is 22.7. The summed E-state index contributed by atoms with van der Waals surface area (Å²) in [6.07, 6.45) is -4.10. The third-order valence-corrected chi connectivity index (χ3v) is 3.79. The minimum atomic E-state index is -4.66. The van der Waals surface area contributed by atoms with Crippen LogP contribution in [0.5, 0.6) is 5.75 Å². The van der Waals surface area contributed by atoms with Crippen molar-refractivity contribution in [3.8, 4) is 5.75 Å². The lowest BCUT2D eigenvalue weighted by molar-refractivity contribution is -0.137. The fraction of sp³-hybridized carbons (Fsp3) is 0.389. The summed E-state index contributed by atoms with van der Waals surface area (Å²) >= 11 is 0. The summed E-state index contributed by atoms with van der Waals surface area (Å²) in [5.74, 6) is -2.36. The monoisotopic (exact) mass is 431 g/mol. The molecule has 0 saturated heterocycles. The quantitative estimate of drug-likeness (QED) is 0.499. The van der Waals surface area contributed by atoms with E-state index in [1.54, 1.807) is 0 Å². The van der Waals surface area contributed by atoms with Crippen LogP contribution in [0.25, 0.3) is 0 Å². The number of nitrogens with one attached hydrogen (secondary N) is 3. The van der Waals surface area contributed by atoms with Crippen LogP contribution in [0, 0.1) is 5.82 Å². The minimum absolute atomic E-state index is 0.00658. The van der Waals surface area contributed by atoms with E-state index < -0.39 is 34.9 Å². The highest BCUT2D eigenvalue weighted by atomic mass is 19.4. The summed E-state index contributed by atoms with van der Waals surface area (Å²) in [6, 6.07) is 2.04. The highest BCUT2D eigenvalue weighted by molar-refractivity contribution is 5.97. The van der Waals surface area contributed by atoms with Crippen molar-refractivity contribution in [2.45, 2.75) is 25.6 Å². The molecule has 164 valence electrons. The first-order valence-corrected chi connectivity index (χ1v) is 8.63. The summed E-state index contributed by atoms with van der Waals surface area (Å²) in [5, 5.41) is 16.9. The Kier molecular flexibility index (Phi) is 6.70. The van der Waals surface area contributed by atoms with Crippen LogP contribution in [0.4, 0.5) is 35.0 Å². The third-order valence-electron chi connectivity index (χ3n) is 3.79. The molecule has 1 aromatic carbocycles. The molecular weight excluding hydrogens is 410 g/mol. The van der Waals surface area contributed by atoms with Gasteiger partial charge in [0.15, 0.2) is 0 Å². The molecule has 0 unspecified atom stereocenters. The maximum absolute atomic E-state index is 14.5. The summed E-state index contributed by atoms with van der Waals surface area (Å²) in [7, 11) is 2.52. The Labute approximate surface area is 169 Å². The van der Waals surface area contributed by atoms with E-state index in [9.17, 15) is 27.5 Å². The second-order valence-electron chi connectivity index (χ2n) is 6.86. The zero-order valence-corrected chi connectivity index (χ0v) is 16.6. The fourth-order valence-electron chi connectivity index (χ4n) is 2.35. The van der Waals surface area contributed by atoms with E-state index >= 15 is 0 Å². The molecular formula is C18H21F4N5O3. The van der Waals surface area contributed by atoms with E-state index in [2.05, 4.69) is 25.9 Å². The van der Waals surface area contributed by atoms with Gasteiger partial charge < -0.3 is 25.8 Å². The van der Waals surface area contributed by atoms with E-state index in [4.69, 9.17) is 4.74 Å². The van der Waals surface area contributed by atoms with Crippen LogP contribution in [-0.2, 0) is 6.18 Å². The lowest BCUT2D eigenvalue weighted by Gasteiger charge is -2.19. The van der Waals surface area contributed by atoms with Crippen LogP contribution in [0.2, 0.25) is 0 Å². The van der Waals surface area contributed by atoms with Gasteiger partial charge in [0.25, 0.3) is 5.91 Å². The number of ether oxygens (including phenoxy) is 1. The standard InChI is InChI=1S/C18H21F4N5O3/c1-17(2,29)8-25-15(28)9-5-11(19)12(6-13(9)30-4)26-16-24-7-10(18(20,21)22)14(23-3)27-16/h5-7,29H,8H2,1-4H3,(H,25,28)(H2,23,24,26,27). The number of anilines is 3. The van der Waals surface area contributed by atoms with Crippen molar-refractivity contribution in [3.63, 3.8) is 0 Å². The van der Waals surface area contributed by atoms with Gasteiger partial charge in [-0.25, -0.2) is 9.37 Å². The van der Waals surface area contributed by atoms with Crippen LogP contribution >= 0.6 is 0 Å². The second-order valence-corrected chi connectivity index (χ2v) is 6.86. The number of methoxy groups -OCH3 is 1. The predicted molar refractivity (Wildman–Crippen MR) is 101 cm³/mol. The van der Waals surface area contributed by atoms with Crippen LogP contribution in [0.1, 0.15) is 29.8 Å². The summed E-state index contributed by atoms with van der Waals surface area (Å²) in [6.45, 7) is 2.89. The van der Waals surface area contributed by atoms with Gasteiger partial charge in [0.2, 0.25) is 5.95 Å². The molecule has 8 nitrogen and oxygen atoms in total. The van der Waals surface area contributed by atoms with Crippen molar-refractivity contribution in [2.75, 3.05) is 31.3 Å². The van der Waals surface area contributed by atoms with E-state index in [0.29, 0.717) is 6.20 Å². The van der Waals surface area contributed by atoms with Crippen LogP contribution in [-0.4, -0.2) is 47.3 Å². The summed E-state index contributed by atoms with van der Waals surface area (Å²) in [5.41, 5.74) is -2.59. The Morgan fingerprint density at radius 2 is 1.93 bits per heavy atom. The Balaban J connectivity index is 2.32. The molecule has 12 heteroatoms. The third kappa shape index (κ3) is 5.69. The number of aromatic nitrogens is 2. The van der Waals surface area contributed by atoms with E-state index in [1.165, 1.54) is 28.0 Å². The van der Waals surface area contributed by atoms with Crippen LogP contribution < -0.4 is 20.7 Å². The van der Waals surface area contributed by atoms with Gasteiger partial charge in [-0.3, -0.25) is 4.79 Å². The lowest BCUT2D eigenvalue weighted by Crippen LogP contribution is -2.38. The van der Waals surface area contributed by atoms with Gasteiger partial charge in [-0.15, -0.1) is 0 Å². The smallest absolute Gasteiger partial charge is 0.421 e. The number of hydrogen-bond donors (Lipinski definition) is 4. The first kappa shape index (κ1) is 23.1. The number of carbonyl (C=O) groups is 1. The van der Waals surface area contributed by atoms with E-state index in [0.717, 1.165) is 12.1 Å². The van der Waals surface area contributed by atoms with Gasteiger partial charge in [0.05, 0.1) is 24.0 Å². The molecule has 1 amide bonds. The number of amides is 1. The molecule has 0 fully saturated rings. The molecule has 0 saturated carbocycles. The number of alkyl halides is 3. The first-order chi connectivity index (χ1) is 13.9. The van der Waals surface area contributed by atoms with Gasteiger partial charge in [0.1, 0.15) is 22.9 Å². The highest BCUT2D eigenvalue weighted by Gasteiger charge is 2.35. The topological polar surface area (TPSA) is 108 Å². The SMILES string of the molecule is CNc1nc(Nc2cc(OC)c(C(=O)NCC(C)(C)O)cc2F)ncc1C(F)(F)F. The number of rotatable bonds is 7. The van der Waals surface area contributed by atoms with Crippen LogP contribution in [0.3, 0.4) is 0 Å². The number of benzene rings is 1. The molecule has 1 aromatic heterocycles. The fourth-order valence-corrected chi connectivity index (χ4v) is 2.35. The normalized spacial score (nSPS) is 11.8. The lowest BCUT2D eigenvalue weighted by atomic mass is 10.1. The van der Waals surface area contributed by atoms with Crippen LogP contribution in [0.15, 0.2) is 18.3 Å². The molecule has 2 aromatic rings. The zero-order valence-electron chi connectivity index (χ0n) is 16.6. The number of nitrogens with zero attached hydrogens (tertiary/aromatic N) is 2. The molecule has 0 aliphatic rings. The van der Waals surface area contributed by atoms with Gasteiger partial charge in [-0.05, 0) is 19.9 Å². The highest BCUT2D eigenvalue weighted by Crippen LogP contribution is 2.34. The second kappa shape index (κ2) is 8.69. The maximum atomic E-state index is 14.5. The van der Waals surface area contributed by atoms with Crippen molar-refractivity contribution in [3.05, 3.63) is 35.3 Å². The van der Waals surface area contributed by atoms with Crippen molar-refractivity contribution in [2.24, 2.45) is 0 Å². The predicted octanol–water partition coefficient (Wildman–Crippen LogP) is 2.93. The molecule has 0 aliphatic carbocycles. The summed E-state index contributed by atoms with van der Waals surface area (Å²) in [4.78, 5) is 19.5. The minimum Gasteiger partial charge on any atom is -0.496 e. The number of hydrogen-bond acceptors (Lipinski definition) is 7. The Bertz CT molecular complexity index is 929. The molecule has 1 heterocycles. The molecule has 0 atom stereocenters. The van der Waals surface area contributed by atoms with E-state index in [-0.39, 0.29) is 29.5 Å². The number of aliphatic hydroxyl groups is 1. The molecule has 0 spiro atoms. The van der Waals surface area contributed by atoms with Crippen molar-refractivity contribution >= 4 is 23.4 Å². The Hall–Kier alpha value is -3.15. The average molecular weight is 431 g/mol. The average Bonchev–Trinajstić information content (AvgIpc) is 2.65. The van der Waals surface area contributed by atoms with Crippen molar-refractivity contribution in [1.82, 2.24) is 15.3 Å². The van der Waals surface area contributed by atoms with Gasteiger partial charge in [0, 0.05) is 25.9 Å². The molecule has 0 radical (unpaired) electrons. The first-order valence-electron chi connectivity index (χ1n) is 8.63. The van der Waals surface area contributed by atoms with Crippen molar-refractivity contribution in [1.29, 1.82) is 0 Å². The molecule has 30 heavy (non-hydrogen) atoms.